The van der Waals surface area contributed by atoms with Gasteiger partial charge in [-0.1, -0.05) is 29.8 Å². The lowest BCUT2D eigenvalue weighted by atomic mass is 9.99. The van der Waals surface area contributed by atoms with Gasteiger partial charge in [-0.2, -0.15) is 0 Å². The van der Waals surface area contributed by atoms with Crippen molar-refractivity contribution in [2.45, 2.75) is 19.9 Å². The molecule has 0 saturated heterocycles. The minimum absolute atomic E-state index is 0.0559. The first-order valence-corrected chi connectivity index (χ1v) is 10.1. The van der Waals surface area contributed by atoms with Crippen molar-refractivity contribution >= 4 is 22.3 Å². The van der Waals surface area contributed by atoms with Crippen LogP contribution in [0.3, 0.4) is 0 Å². The lowest BCUT2D eigenvalue weighted by Crippen LogP contribution is -2.29. The predicted molar refractivity (Wildman–Crippen MR) is 116 cm³/mol. The smallest absolute Gasteiger partial charge is 0.262 e. The Labute approximate surface area is 173 Å². The highest BCUT2D eigenvalue weighted by molar-refractivity contribution is 5.81. The summed E-state index contributed by atoms with van der Waals surface area (Å²) in [6.45, 7) is 4.36. The molecule has 2 aromatic carbocycles. The maximum absolute atomic E-state index is 12.7. The summed E-state index contributed by atoms with van der Waals surface area (Å²) in [7, 11) is 1.74. The lowest BCUT2D eigenvalue weighted by Gasteiger charge is -2.25. The van der Waals surface area contributed by atoms with Crippen molar-refractivity contribution in [3.8, 4) is 5.75 Å². The predicted octanol–water partition coefficient (Wildman–Crippen LogP) is 2.88. The van der Waals surface area contributed by atoms with Crippen molar-refractivity contribution in [2.24, 2.45) is 7.05 Å². The van der Waals surface area contributed by atoms with E-state index in [-0.39, 0.29) is 11.3 Å². The van der Waals surface area contributed by atoms with E-state index in [0.717, 1.165) is 42.0 Å². The fourth-order valence-corrected chi connectivity index (χ4v) is 4.15. The molecule has 0 fully saturated rings. The standard InChI is InChI=1S/C23H23N5O2/c1-15-3-8-20-19(13-15)22(30)26(2)23-25-24-21(28(20)23)14-27-11-9-17(10-12-27)16-4-6-18(29)7-5-16/h3-9,13,29H,10-12,14H2,1-2H3. The number of benzene rings is 2. The second-order valence-electron chi connectivity index (χ2n) is 7.90. The van der Waals surface area contributed by atoms with Gasteiger partial charge in [0.1, 0.15) is 5.75 Å². The number of aryl methyl sites for hydroxylation is 2. The van der Waals surface area contributed by atoms with Gasteiger partial charge in [-0.05, 0) is 48.7 Å². The van der Waals surface area contributed by atoms with Crippen LogP contribution in [0.1, 0.15) is 23.4 Å². The topological polar surface area (TPSA) is 75.7 Å². The van der Waals surface area contributed by atoms with Gasteiger partial charge in [0.15, 0.2) is 5.82 Å². The second-order valence-corrected chi connectivity index (χ2v) is 7.90. The SMILES string of the molecule is Cc1ccc2c(c1)c(=O)n(C)c1nnc(CN3CC=C(c4ccc(O)cc4)CC3)n21. The maximum Gasteiger partial charge on any atom is 0.262 e. The third-order valence-electron chi connectivity index (χ3n) is 5.84. The van der Waals surface area contributed by atoms with Crippen LogP contribution in [0.15, 0.2) is 53.3 Å². The van der Waals surface area contributed by atoms with Gasteiger partial charge in [0.2, 0.25) is 5.78 Å². The minimum Gasteiger partial charge on any atom is -0.508 e. The van der Waals surface area contributed by atoms with Crippen LogP contribution in [0, 0.1) is 6.92 Å². The molecule has 3 heterocycles. The first kappa shape index (κ1) is 18.6. The molecular formula is C23H23N5O2. The average molecular weight is 401 g/mol. The van der Waals surface area contributed by atoms with Gasteiger partial charge in [-0.3, -0.25) is 18.7 Å². The number of phenols is 1. The third-order valence-corrected chi connectivity index (χ3v) is 5.84. The summed E-state index contributed by atoms with van der Waals surface area (Å²) in [6.07, 6.45) is 3.16. The number of hydrogen-bond acceptors (Lipinski definition) is 5. The molecule has 0 unspecified atom stereocenters. The molecule has 0 aliphatic carbocycles. The van der Waals surface area contributed by atoms with E-state index in [1.54, 1.807) is 23.7 Å². The summed E-state index contributed by atoms with van der Waals surface area (Å²) in [6, 6.07) is 13.3. The summed E-state index contributed by atoms with van der Waals surface area (Å²) in [4.78, 5) is 15.1. The van der Waals surface area contributed by atoms with Crippen LogP contribution in [0.2, 0.25) is 0 Å². The second kappa shape index (κ2) is 7.11. The van der Waals surface area contributed by atoms with Crippen molar-refractivity contribution in [1.82, 2.24) is 24.1 Å². The molecule has 0 saturated carbocycles. The molecule has 0 spiro atoms. The van der Waals surface area contributed by atoms with Gasteiger partial charge in [0, 0.05) is 20.1 Å². The molecule has 0 radical (unpaired) electrons. The molecule has 2 aromatic heterocycles. The Balaban J connectivity index is 1.47. The Morgan fingerprint density at radius 3 is 2.63 bits per heavy atom. The molecule has 0 bridgehead atoms. The van der Waals surface area contributed by atoms with E-state index in [1.165, 1.54) is 5.57 Å². The van der Waals surface area contributed by atoms with Crippen molar-refractivity contribution in [3.63, 3.8) is 0 Å². The minimum atomic E-state index is -0.0559. The van der Waals surface area contributed by atoms with E-state index in [4.69, 9.17) is 0 Å². The van der Waals surface area contributed by atoms with E-state index in [1.807, 2.05) is 41.7 Å². The highest BCUT2D eigenvalue weighted by atomic mass is 16.3. The van der Waals surface area contributed by atoms with Crippen LogP contribution in [-0.4, -0.2) is 42.3 Å². The zero-order valence-corrected chi connectivity index (χ0v) is 17.0. The van der Waals surface area contributed by atoms with Crippen LogP contribution in [-0.2, 0) is 13.6 Å². The summed E-state index contributed by atoms with van der Waals surface area (Å²) in [5.41, 5.74) is 4.28. The van der Waals surface area contributed by atoms with Crippen molar-refractivity contribution in [2.75, 3.05) is 13.1 Å². The van der Waals surface area contributed by atoms with Crippen LogP contribution < -0.4 is 5.56 Å². The summed E-state index contributed by atoms with van der Waals surface area (Å²) in [5, 5.41) is 18.9. The molecule has 0 atom stereocenters. The van der Waals surface area contributed by atoms with E-state index < -0.39 is 0 Å². The Kier molecular flexibility index (Phi) is 4.40. The van der Waals surface area contributed by atoms with Crippen LogP contribution in [0.25, 0.3) is 22.3 Å². The van der Waals surface area contributed by atoms with Gasteiger partial charge in [0.05, 0.1) is 17.4 Å². The molecular weight excluding hydrogens is 378 g/mol. The first-order chi connectivity index (χ1) is 14.5. The molecule has 30 heavy (non-hydrogen) atoms. The summed E-state index contributed by atoms with van der Waals surface area (Å²) in [5.74, 6) is 1.67. The van der Waals surface area contributed by atoms with Crippen molar-refractivity contribution in [1.29, 1.82) is 0 Å². The van der Waals surface area contributed by atoms with Gasteiger partial charge in [0.25, 0.3) is 5.56 Å². The summed E-state index contributed by atoms with van der Waals surface area (Å²) >= 11 is 0. The number of hydrogen-bond donors (Lipinski definition) is 1. The molecule has 1 aliphatic heterocycles. The summed E-state index contributed by atoms with van der Waals surface area (Å²) < 4.78 is 3.56. The molecule has 1 N–H and O–H groups in total. The highest BCUT2D eigenvalue weighted by Crippen LogP contribution is 2.25. The number of aromatic hydroxyl groups is 1. The number of rotatable bonds is 3. The normalized spacial score (nSPS) is 15.1. The van der Waals surface area contributed by atoms with Crippen molar-refractivity contribution in [3.05, 3.63) is 75.8 Å². The molecule has 0 amide bonds. The van der Waals surface area contributed by atoms with E-state index >= 15 is 0 Å². The van der Waals surface area contributed by atoms with E-state index in [2.05, 4.69) is 21.2 Å². The van der Waals surface area contributed by atoms with Gasteiger partial charge in [-0.25, -0.2) is 0 Å². The lowest BCUT2D eigenvalue weighted by molar-refractivity contribution is 0.285. The number of nitrogens with zero attached hydrogens (tertiary/aromatic N) is 5. The fourth-order valence-electron chi connectivity index (χ4n) is 4.15. The highest BCUT2D eigenvalue weighted by Gasteiger charge is 2.19. The van der Waals surface area contributed by atoms with Crippen LogP contribution in [0.4, 0.5) is 0 Å². The quantitative estimate of drug-likeness (QED) is 0.571. The van der Waals surface area contributed by atoms with Gasteiger partial charge < -0.3 is 5.11 Å². The average Bonchev–Trinajstić information content (AvgIpc) is 3.17. The first-order valence-electron chi connectivity index (χ1n) is 10.1. The Morgan fingerprint density at radius 1 is 1.10 bits per heavy atom. The van der Waals surface area contributed by atoms with Crippen LogP contribution in [0.5, 0.6) is 5.75 Å². The molecule has 4 aromatic rings. The number of aromatic nitrogens is 4. The largest absolute Gasteiger partial charge is 0.508 e. The molecule has 152 valence electrons. The Bertz CT molecular complexity index is 1350. The van der Waals surface area contributed by atoms with E-state index in [0.29, 0.717) is 17.7 Å². The molecule has 7 nitrogen and oxygen atoms in total. The third kappa shape index (κ3) is 3.07. The van der Waals surface area contributed by atoms with Gasteiger partial charge >= 0.3 is 0 Å². The number of fused-ring (bicyclic) bond motifs is 3. The molecule has 5 rings (SSSR count). The van der Waals surface area contributed by atoms with Gasteiger partial charge in [-0.15, -0.1) is 10.2 Å². The zero-order chi connectivity index (χ0) is 20.8. The fraction of sp³-hybridized carbons (Fsp3) is 0.261. The zero-order valence-electron chi connectivity index (χ0n) is 17.0. The van der Waals surface area contributed by atoms with E-state index in [9.17, 15) is 9.90 Å². The monoisotopic (exact) mass is 401 g/mol. The molecule has 7 heteroatoms. The maximum atomic E-state index is 12.7. The Morgan fingerprint density at radius 2 is 1.90 bits per heavy atom. The van der Waals surface area contributed by atoms with Crippen LogP contribution >= 0.6 is 0 Å². The Hall–Kier alpha value is -3.45. The number of phenolic OH excluding ortho intramolecular Hbond substituents is 1. The molecule has 1 aliphatic rings. The van der Waals surface area contributed by atoms with Crippen molar-refractivity contribution < 1.29 is 5.11 Å².